The molecule has 1 aromatic rings. The minimum absolute atomic E-state index is 0.140. The molecule has 0 bridgehead atoms. The first kappa shape index (κ1) is 16.6. The largest absolute Gasteiger partial charge is 0.465 e. The summed E-state index contributed by atoms with van der Waals surface area (Å²) in [6.45, 7) is 17.6. The van der Waals surface area contributed by atoms with E-state index in [0.717, 1.165) is 24.6 Å². The fraction of sp³-hybridized carbons (Fsp3) is 0.778. The number of likely N-dealkylation sites (tertiary alicyclic amines) is 1. The number of hydrogen-bond donors (Lipinski definition) is 1. The summed E-state index contributed by atoms with van der Waals surface area (Å²) in [5, 5.41) is 3.54. The summed E-state index contributed by atoms with van der Waals surface area (Å²) in [6, 6.07) is 2.23. The van der Waals surface area contributed by atoms with Gasteiger partial charge in [-0.25, -0.2) is 0 Å². The monoisotopic (exact) mass is 292 g/mol. The maximum absolute atomic E-state index is 5.97. The third-order valence-corrected chi connectivity index (χ3v) is 4.24. The van der Waals surface area contributed by atoms with Gasteiger partial charge in [-0.15, -0.1) is 0 Å². The SMILES string of the molecule is Cc1oc(CN2CCCC(C)(C)C2)cc1CNC(C)(C)C. The molecule has 1 saturated heterocycles. The number of nitrogens with one attached hydrogen (secondary N) is 1. The van der Waals surface area contributed by atoms with Crippen molar-refractivity contribution < 1.29 is 4.42 Å². The quantitative estimate of drug-likeness (QED) is 0.905. The van der Waals surface area contributed by atoms with Gasteiger partial charge in [-0.2, -0.15) is 0 Å². The van der Waals surface area contributed by atoms with Crippen LogP contribution < -0.4 is 5.32 Å². The van der Waals surface area contributed by atoms with Crippen LogP contribution in [0.4, 0.5) is 0 Å². The van der Waals surface area contributed by atoms with Crippen molar-refractivity contribution in [3.63, 3.8) is 0 Å². The van der Waals surface area contributed by atoms with E-state index in [0.29, 0.717) is 5.41 Å². The minimum atomic E-state index is 0.140. The Morgan fingerprint density at radius 3 is 2.67 bits per heavy atom. The Bertz CT molecular complexity index is 468. The molecule has 0 spiro atoms. The van der Waals surface area contributed by atoms with Gasteiger partial charge in [0.05, 0.1) is 6.54 Å². The van der Waals surface area contributed by atoms with Gasteiger partial charge in [0.15, 0.2) is 0 Å². The zero-order valence-corrected chi connectivity index (χ0v) is 14.7. The lowest BCUT2D eigenvalue weighted by molar-refractivity contribution is 0.105. The van der Waals surface area contributed by atoms with Crippen molar-refractivity contribution in [3.05, 3.63) is 23.2 Å². The molecule has 0 amide bonds. The highest BCUT2D eigenvalue weighted by atomic mass is 16.3. The Morgan fingerprint density at radius 1 is 1.33 bits per heavy atom. The summed E-state index contributed by atoms with van der Waals surface area (Å²) in [7, 11) is 0. The number of rotatable bonds is 4. The standard InChI is InChI=1S/C18H32N2O/c1-14-15(11-19-17(2,3)4)10-16(21-14)12-20-9-7-8-18(5,6)13-20/h10,19H,7-9,11-13H2,1-6H3. The summed E-state index contributed by atoms with van der Waals surface area (Å²) in [6.07, 6.45) is 2.63. The Hall–Kier alpha value is -0.800. The molecule has 1 aromatic heterocycles. The highest BCUT2D eigenvalue weighted by Gasteiger charge is 2.27. The number of piperidine rings is 1. The molecule has 120 valence electrons. The van der Waals surface area contributed by atoms with Gasteiger partial charge in [0.1, 0.15) is 11.5 Å². The molecule has 1 N–H and O–H groups in total. The molecule has 2 rings (SSSR count). The second-order valence-corrected chi connectivity index (χ2v) is 8.38. The summed E-state index contributed by atoms with van der Waals surface area (Å²) < 4.78 is 5.97. The number of nitrogens with zero attached hydrogens (tertiary/aromatic N) is 1. The van der Waals surface area contributed by atoms with E-state index in [1.54, 1.807) is 0 Å². The van der Waals surface area contributed by atoms with Gasteiger partial charge in [-0.05, 0) is 58.6 Å². The summed E-state index contributed by atoms with van der Waals surface area (Å²) >= 11 is 0. The Labute approximate surface area is 130 Å². The molecule has 0 saturated carbocycles. The van der Waals surface area contributed by atoms with E-state index in [1.807, 2.05) is 0 Å². The van der Waals surface area contributed by atoms with Gasteiger partial charge >= 0.3 is 0 Å². The van der Waals surface area contributed by atoms with E-state index in [4.69, 9.17) is 4.42 Å². The van der Waals surface area contributed by atoms with Gasteiger partial charge in [0.2, 0.25) is 0 Å². The fourth-order valence-corrected chi connectivity index (χ4v) is 3.10. The molecular formula is C18H32N2O. The van der Waals surface area contributed by atoms with Crippen LogP contribution in [0.3, 0.4) is 0 Å². The fourth-order valence-electron chi connectivity index (χ4n) is 3.10. The molecule has 2 heterocycles. The third kappa shape index (κ3) is 5.15. The number of furan rings is 1. The van der Waals surface area contributed by atoms with E-state index in [9.17, 15) is 0 Å². The lowest BCUT2D eigenvalue weighted by Gasteiger charge is -2.37. The molecule has 0 atom stereocenters. The molecule has 0 aromatic carbocycles. The van der Waals surface area contributed by atoms with Crippen LogP contribution in [0.25, 0.3) is 0 Å². The predicted octanol–water partition coefficient (Wildman–Crippen LogP) is 4.10. The summed E-state index contributed by atoms with van der Waals surface area (Å²) in [5.41, 5.74) is 1.87. The van der Waals surface area contributed by atoms with Crippen LogP contribution >= 0.6 is 0 Å². The van der Waals surface area contributed by atoms with Crippen molar-refractivity contribution in [3.8, 4) is 0 Å². The van der Waals surface area contributed by atoms with E-state index in [2.05, 4.69) is 57.8 Å². The minimum Gasteiger partial charge on any atom is -0.465 e. The average molecular weight is 292 g/mol. The lowest BCUT2D eigenvalue weighted by Crippen LogP contribution is -2.39. The van der Waals surface area contributed by atoms with Gasteiger partial charge in [-0.3, -0.25) is 4.90 Å². The third-order valence-electron chi connectivity index (χ3n) is 4.24. The Balaban J connectivity index is 1.95. The van der Waals surface area contributed by atoms with E-state index >= 15 is 0 Å². The second-order valence-electron chi connectivity index (χ2n) is 8.38. The van der Waals surface area contributed by atoms with Crippen molar-refractivity contribution in [2.45, 2.75) is 73.0 Å². The van der Waals surface area contributed by atoms with Crippen molar-refractivity contribution >= 4 is 0 Å². The van der Waals surface area contributed by atoms with Crippen LogP contribution in [0.5, 0.6) is 0 Å². The zero-order chi connectivity index (χ0) is 15.7. The predicted molar refractivity (Wildman–Crippen MR) is 88.3 cm³/mol. The molecule has 3 nitrogen and oxygen atoms in total. The van der Waals surface area contributed by atoms with E-state index in [-0.39, 0.29) is 5.54 Å². The average Bonchev–Trinajstić information content (AvgIpc) is 2.64. The first-order valence-corrected chi connectivity index (χ1v) is 8.20. The first-order chi connectivity index (χ1) is 9.65. The van der Waals surface area contributed by atoms with Crippen LogP contribution in [0.2, 0.25) is 0 Å². The second kappa shape index (κ2) is 6.13. The maximum atomic E-state index is 5.97. The Morgan fingerprint density at radius 2 is 2.05 bits per heavy atom. The van der Waals surface area contributed by atoms with Crippen LogP contribution in [-0.2, 0) is 13.1 Å². The molecule has 0 unspecified atom stereocenters. The normalized spacial score (nSPS) is 19.9. The molecule has 0 radical (unpaired) electrons. The van der Waals surface area contributed by atoms with Crippen LogP contribution in [-0.4, -0.2) is 23.5 Å². The Kier molecular flexibility index (Phi) is 4.84. The molecule has 21 heavy (non-hydrogen) atoms. The van der Waals surface area contributed by atoms with Crippen molar-refractivity contribution in [2.24, 2.45) is 5.41 Å². The highest BCUT2D eigenvalue weighted by Crippen LogP contribution is 2.29. The smallest absolute Gasteiger partial charge is 0.118 e. The topological polar surface area (TPSA) is 28.4 Å². The van der Waals surface area contributed by atoms with Crippen molar-refractivity contribution in [1.82, 2.24) is 10.2 Å². The van der Waals surface area contributed by atoms with Gasteiger partial charge in [0.25, 0.3) is 0 Å². The van der Waals surface area contributed by atoms with Gasteiger partial charge in [0, 0.05) is 24.2 Å². The first-order valence-electron chi connectivity index (χ1n) is 8.20. The molecule has 1 aliphatic rings. The summed E-state index contributed by atoms with van der Waals surface area (Å²) in [4.78, 5) is 2.53. The molecule has 1 fully saturated rings. The van der Waals surface area contributed by atoms with Crippen LogP contribution in [0, 0.1) is 12.3 Å². The maximum Gasteiger partial charge on any atom is 0.118 e. The number of aryl methyl sites for hydroxylation is 1. The highest BCUT2D eigenvalue weighted by molar-refractivity contribution is 5.21. The number of hydrogen-bond acceptors (Lipinski definition) is 3. The molecule has 1 aliphatic heterocycles. The summed E-state index contributed by atoms with van der Waals surface area (Å²) in [5.74, 6) is 2.16. The van der Waals surface area contributed by atoms with Crippen molar-refractivity contribution in [2.75, 3.05) is 13.1 Å². The van der Waals surface area contributed by atoms with Crippen molar-refractivity contribution in [1.29, 1.82) is 0 Å². The molecule has 3 heteroatoms. The van der Waals surface area contributed by atoms with Gasteiger partial charge < -0.3 is 9.73 Å². The van der Waals surface area contributed by atoms with Crippen LogP contribution in [0.1, 0.15) is 64.5 Å². The lowest BCUT2D eigenvalue weighted by atomic mass is 9.84. The molecular weight excluding hydrogens is 260 g/mol. The van der Waals surface area contributed by atoms with Crippen LogP contribution in [0.15, 0.2) is 10.5 Å². The van der Waals surface area contributed by atoms with Gasteiger partial charge in [-0.1, -0.05) is 13.8 Å². The van der Waals surface area contributed by atoms with E-state index in [1.165, 1.54) is 31.5 Å². The zero-order valence-electron chi connectivity index (χ0n) is 14.7. The molecule has 0 aliphatic carbocycles. The van der Waals surface area contributed by atoms with E-state index < -0.39 is 0 Å².